The number of rotatable bonds is 3. The second kappa shape index (κ2) is 5.46. The summed E-state index contributed by atoms with van der Waals surface area (Å²) >= 11 is 5.37. The lowest BCUT2D eigenvalue weighted by Crippen LogP contribution is -1.93. The second-order valence-electron chi connectivity index (χ2n) is 3.60. The van der Waals surface area contributed by atoms with E-state index in [1.165, 1.54) is 11.6 Å². The molecule has 0 aliphatic carbocycles. The van der Waals surface area contributed by atoms with Crippen LogP contribution in [0.1, 0.15) is 10.4 Å². The molecule has 0 aliphatic heterocycles. The molecule has 0 fully saturated rings. The molecule has 0 unspecified atom stereocenters. The van der Waals surface area contributed by atoms with Crippen molar-refractivity contribution in [3.8, 4) is 11.1 Å². The number of hydrogen-bond donors (Lipinski definition) is 0. The largest absolute Gasteiger partial charge is 0.289 e. The van der Waals surface area contributed by atoms with Crippen LogP contribution in [0.25, 0.3) is 11.1 Å². The molecule has 2 rings (SSSR count). The van der Waals surface area contributed by atoms with Crippen LogP contribution in [0.5, 0.6) is 0 Å². The Kier molecular flexibility index (Phi) is 3.73. The monoisotopic (exact) mass is 242 g/mol. The summed E-state index contributed by atoms with van der Waals surface area (Å²) < 4.78 is 0. The SMILES string of the molecule is O=C(C=CCl)c1ccc(-c2ccccc2)cc1. The molecule has 84 valence electrons. The third-order valence-electron chi connectivity index (χ3n) is 2.49. The first-order valence-electron chi connectivity index (χ1n) is 5.28. The maximum absolute atomic E-state index is 11.5. The Bertz CT molecular complexity index is 527. The molecule has 0 atom stereocenters. The number of hydrogen-bond acceptors (Lipinski definition) is 1. The molecule has 0 aliphatic rings. The molecular weight excluding hydrogens is 232 g/mol. The minimum absolute atomic E-state index is 0.0837. The van der Waals surface area contributed by atoms with Gasteiger partial charge in [0.05, 0.1) is 0 Å². The molecule has 0 bridgehead atoms. The molecule has 0 aromatic heterocycles. The van der Waals surface area contributed by atoms with E-state index in [-0.39, 0.29) is 5.78 Å². The highest BCUT2D eigenvalue weighted by atomic mass is 35.5. The summed E-state index contributed by atoms with van der Waals surface area (Å²) in [6.45, 7) is 0. The summed E-state index contributed by atoms with van der Waals surface area (Å²) in [5.41, 5.74) is 4.10. The van der Waals surface area contributed by atoms with Gasteiger partial charge in [0, 0.05) is 11.1 Å². The van der Waals surface area contributed by atoms with Crippen molar-refractivity contribution in [3.63, 3.8) is 0 Å². The first kappa shape index (κ1) is 11.6. The average molecular weight is 243 g/mol. The molecule has 0 radical (unpaired) electrons. The number of benzene rings is 2. The van der Waals surface area contributed by atoms with Crippen LogP contribution in [0.15, 0.2) is 66.2 Å². The van der Waals surface area contributed by atoms with Crippen LogP contribution in [0.2, 0.25) is 0 Å². The fourth-order valence-electron chi connectivity index (χ4n) is 1.61. The highest BCUT2D eigenvalue weighted by Gasteiger charge is 2.02. The van der Waals surface area contributed by atoms with Crippen LogP contribution >= 0.6 is 11.6 Å². The van der Waals surface area contributed by atoms with Crippen LogP contribution in [-0.4, -0.2) is 5.78 Å². The molecule has 17 heavy (non-hydrogen) atoms. The average Bonchev–Trinajstić information content (AvgIpc) is 2.40. The highest BCUT2D eigenvalue weighted by molar-refractivity contribution is 6.27. The molecule has 0 heterocycles. The summed E-state index contributed by atoms with van der Waals surface area (Å²) in [6, 6.07) is 17.5. The van der Waals surface area contributed by atoms with Gasteiger partial charge in [-0.1, -0.05) is 66.2 Å². The van der Waals surface area contributed by atoms with Gasteiger partial charge in [0.15, 0.2) is 5.78 Å². The first-order valence-corrected chi connectivity index (χ1v) is 5.71. The number of halogens is 1. The normalized spacial score (nSPS) is 10.6. The maximum atomic E-state index is 11.5. The van der Waals surface area contributed by atoms with E-state index < -0.39 is 0 Å². The highest BCUT2D eigenvalue weighted by Crippen LogP contribution is 2.19. The van der Waals surface area contributed by atoms with Crippen LogP contribution in [-0.2, 0) is 0 Å². The summed E-state index contributed by atoms with van der Waals surface area (Å²) in [4.78, 5) is 11.5. The third-order valence-corrected chi connectivity index (χ3v) is 2.62. The maximum Gasteiger partial charge on any atom is 0.186 e. The van der Waals surface area contributed by atoms with E-state index in [1.54, 1.807) is 0 Å². The molecule has 2 aromatic rings. The van der Waals surface area contributed by atoms with Crippen molar-refractivity contribution in [1.29, 1.82) is 0 Å². The molecule has 0 N–H and O–H groups in total. The summed E-state index contributed by atoms with van der Waals surface area (Å²) in [7, 11) is 0. The van der Waals surface area contributed by atoms with Gasteiger partial charge in [0.25, 0.3) is 0 Å². The minimum atomic E-state index is -0.0837. The van der Waals surface area contributed by atoms with Gasteiger partial charge in [-0.2, -0.15) is 0 Å². The van der Waals surface area contributed by atoms with E-state index >= 15 is 0 Å². The summed E-state index contributed by atoms with van der Waals surface area (Å²) in [5, 5.41) is 0. The molecule has 0 spiro atoms. The quantitative estimate of drug-likeness (QED) is 0.580. The zero-order chi connectivity index (χ0) is 12.1. The molecule has 0 amide bonds. The van der Waals surface area contributed by atoms with Crippen molar-refractivity contribution in [1.82, 2.24) is 0 Å². The predicted octanol–water partition coefficient (Wildman–Crippen LogP) is 4.29. The van der Waals surface area contributed by atoms with Gasteiger partial charge in [-0.3, -0.25) is 4.79 Å². The molecule has 1 nitrogen and oxygen atoms in total. The standard InChI is InChI=1S/C15H11ClO/c16-11-10-15(17)14-8-6-13(7-9-14)12-4-2-1-3-5-12/h1-11H. The zero-order valence-electron chi connectivity index (χ0n) is 9.14. The topological polar surface area (TPSA) is 17.1 Å². The van der Waals surface area contributed by atoms with Gasteiger partial charge < -0.3 is 0 Å². The van der Waals surface area contributed by atoms with Gasteiger partial charge in [0.1, 0.15) is 0 Å². The van der Waals surface area contributed by atoms with Gasteiger partial charge >= 0.3 is 0 Å². The van der Waals surface area contributed by atoms with Crippen molar-refractivity contribution in [2.45, 2.75) is 0 Å². The molecule has 2 heteroatoms. The Morgan fingerprint density at radius 1 is 0.882 bits per heavy atom. The first-order chi connectivity index (χ1) is 8.31. The van der Waals surface area contributed by atoms with E-state index in [0.29, 0.717) is 5.56 Å². The van der Waals surface area contributed by atoms with Crippen molar-refractivity contribution in [2.24, 2.45) is 0 Å². The Hall–Kier alpha value is -1.86. The van der Waals surface area contributed by atoms with E-state index in [1.807, 2.05) is 54.6 Å². The minimum Gasteiger partial charge on any atom is -0.289 e. The molecule has 2 aromatic carbocycles. The zero-order valence-corrected chi connectivity index (χ0v) is 9.89. The third kappa shape index (κ3) is 2.83. The van der Waals surface area contributed by atoms with Crippen LogP contribution in [0.3, 0.4) is 0 Å². The predicted molar refractivity (Wildman–Crippen MR) is 71.2 cm³/mol. The van der Waals surface area contributed by atoms with Gasteiger partial charge in [-0.05, 0) is 17.2 Å². The van der Waals surface area contributed by atoms with Crippen molar-refractivity contribution in [3.05, 3.63) is 71.8 Å². The lowest BCUT2D eigenvalue weighted by atomic mass is 10.0. The smallest absolute Gasteiger partial charge is 0.186 e. The Morgan fingerprint density at radius 3 is 2.06 bits per heavy atom. The fourth-order valence-corrected chi connectivity index (χ4v) is 1.73. The fraction of sp³-hybridized carbons (Fsp3) is 0. The lowest BCUT2D eigenvalue weighted by molar-refractivity contribution is 0.104. The lowest BCUT2D eigenvalue weighted by Gasteiger charge is -2.02. The summed E-state index contributed by atoms with van der Waals surface area (Å²) in [5.74, 6) is -0.0837. The van der Waals surface area contributed by atoms with E-state index in [2.05, 4.69) is 0 Å². The van der Waals surface area contributed by atoms with Crippen molar-refractivity contribution in [2.75, 3.05) is 0 Å². The number of carbonyl (C=O) groups is 1. The van der Waals surface area contributed by atoms with Gasteiger partial charge in [-0.15, -0.1) is 0 Å². The van der Waals surface area contributed by atoms with Crippen LogP contribution < -0.4 is 0 Å². The van der Waals surface area contributed by atoms with Gasteiger partial charge in [0.2, 0.25) is 0 Å². The Morgan fingerprint density at radius 2 is 1.47 bits per heavy atom. The summed E-state index contributed by atoms with van der Waals surface area (Å²) in [6.07, 6.45) is 1.35. The molecule has 0 saturated carbocycles. The van der Waals surface area contributed by atoms with Crippen LogP contribution in [0.4, 0.5) is 0 Å². The number of carbonyl (C=O) groups excluding carboxylic acids is 1. The van der Waals surface area contributed by atoms with Crippen LogP contribution in [0, 0.1) is 0 Å². The Balaban J connectivity index is 2.28. The molecular formula is C15H11ClO. The second-order valence-corrected chi connectivity index (χ2v) is 3.85. The molecule has 0 saturated heterocycles. The van der Waals surface area contributed by atoms with Crippen molar-refractivity contribution >= 4 is 17.4 Å². The van der Waals surface area contributed by atoms with Crippen molar-refractivity contribution < 1.29 is 4.79 Å². The van der Waals surface area contributed by atoms with E-state index in [4.69, 9.17) is 11.6 Å². The number of ketones is 1. The van der Waals surface area contributed by atoms with E-state index in [9.17, 15) is 4.79 Å². The Labute approximate surface area is 105 Å². The van der Waals surface area contributed by atoms with E-state index in [0.717, 1.165) is 11.1 Å². The van der Waals surface area contributed by atoms with Gasteiger partial charge in [-0.25, -0.2) is 0 Å². The number of allylic oxidation sites excluding steroid dienone is 1.